The van der Waals surface area contributed by atoms with Crippen molar-refractivity contribution in [3.63, 3.8) is 0 Å². The van der Waals surface area contributed by atoms with Gasteiger partial charge in [0.2, 0.25) is 0 Å². The third kappa shape index (κ3) is 2.38. The summed E-state index contributed by atoms with van der Waals surface area (Å²) in [5.74, 6) is 1.16. The summed E-state index contributed by atoms with van der Waals surface area (Å²) in [6.45, 7) is 11.0. The molecule has 16 heavy (non-hydrogen) atoms. The quantitative estimate of drug-likeness (QED) is 0.781. The lowest BCUT2D eigenvalue weighted by Gasteiger charge is -2.32. The summed E-state index contributed by atoms with van der Waals surface area (Å²) >= 11 is 0. The van der Waals surface area contributed by atoms with Crippen LogP contribution < -0.4 is 4.90 Å². The van der Waals surface area contributed by atoms with Gasteiger partial charge in [0, 0.05) is 37.7 Å². The number of rotatable bonds is 1. The number of hydrogen-bond donors (Lipinski definition) is 1. The van der Waals surface area contributed by atoms with Crippen molar-refractivity contribution in [2.75, 3.05) is 38.1 Å². The molecule has 1 aromatic rings. The van der Waals surface area contributed by atoms with E-state index in [0.717, 1.165) is 37.7 Å². The molecule has 4 nitrogen and oxygen atoms in total. The van der Waals surface area contributed by atoms with E-state index in [4.69, 9.17) is 0 Å². The Balaban J connectivity index is 2.08. The van der Waals surface area contributed by atoms with E-state index in [1.54, 1.807) is 0 Å². The van der Waals surface area contributed by atoms with Crippen LogP contribution >= 0.6 is 0 Å². The van der Waals surface area contributed by atoms with Crippen LogP contribution in [0.4, 0.5) is 5.82 Å². The van der Waals surface area contributed by atoms with E-state index in [2.05, 4.69) is 53.9 Å². The molecule has 1 saturated heterocycles. The third-order valence-electron chi connectivity index (χ3n) is 3.18. The minimum Gasteiger partial charge on any atom is -0.354 e. The van der Waals surface area contributed by atoms with E-state index >= 15 is 0 Å². The van der Waals surface area contributed by atoms with Gasteiger partial charge >= 0.3 is 0 Å². The average Bonchev–Trinajstić information content (AvgIpc) is 2.67. The van der Waals surface area contributed by atoms with Gasteiger partial charge in [-0.05, 0) is 7.05 Å². The normalized spacial score (nSPS) is 19.1. The molecule has 0 unspecified atom stereocenters. The van der Waals surface area contributed by atoms with Crippen molar-refractivity contribution < 1.29 is 0 Å². The van der Waals surface area contributed by atoms with Crippen molar-refractivity contribution in [1.82, 2.24) is 15.1 Å². The van der Waals surface area contributed by atoms with Crippen LogP contribution in [0, 0.1) is 0 Å². The molecule has 2 heterocycles. The molecule has 1 aliphatic heterocycles. The molecule has 1 aliphatic rings. The van der Waals surface area contributed by atoms with Gasteiger partial charge in [0.05, 0.1) is 5.69 Å². The summed E-state index contributed by atoms with van der Waals surface area (Å²) in [4.78, 5) is 4.74. The Morgan fingerprint density at radius 1 is 1.19 bits per heavy atom. The standard InChI is InChI=1S/C12H22N4/c1-12(2,3)10-9-11(14-13-10)16-7-5-15(4)6-8-16/h9H,5-8H2,1-4H3,(H,13,14). The first-order valence-electron chi connectivity index (χ1n) is 5.96. The minimum atomic E-state index is 0.126. The Hall–Kier alpha value is -1.03. The molecular weight excluding hydrogens is 200 g/mol. The molecule has 2 rings (SSSR count). The van der Waals surface area contributed by atoms with Crippen LogP contribution in [0.5, 0.6) is 0 Å². The zero-order valence-electron chi connectivity index (χ0n) is 10.7. The fraction of sp³-hybridized carbons (Fsp3) is 0.750. The number of anilines is 1. The van der Waals surface area contributed by atoms with E-state index in [0.29, 0.717) is 0 Å². The maximum Gasteiger partial charge on any atom is 0.124 e. The number of likely N-dealkylation sites (N-methyl/N-ethyl adjacent to an activating group) is 1. The van der Waals surface area contributed by atoms with Crippen LogP contribution in [-0.4, -0.2) is 48.3 Å². The van der Waals surface area contributed by atoms with E-state index < -0.39 is 0 Å². The van der Waals surface area contributed by atoms with Crippen LogP contribution in [0.2, 0.25) is 0 Å². The lowest BCUT2D eigenvalue weighted by molar-refractivity contribution is 0.312. The van der Waals surface area contributed by atoms with E-state index in [1.807, 2.05) is 0 Å². The van der Waals surface area contributed by atoms with Crippen molar-refractivity contribution in [3.05, 3.63) is 11.8 Å². The van der Waals surface area contributed by atoms with E-state index in [1.165, 1.54) is 0 Å². The minimum absolute atomic E-state index is 0.126. The Labute approximate surface area is 97.6 Å². The van der Waals surface area contributed by atoms with E-state index in [-0.39, 0.29) is 5.41 Å². The lowest BCUT2D eigenvalue weighted by atomic mass is 9.92. The summed E-state index contributed by atoms with van der Waals surface area (Å²) in [5.41, 5.74) is 1.27. The highest BCUT2D eigenvalue weighted by Crippen LogP contribution is 2.24. The van der Waals surface area contributed by atoms with Crippen molar-refractivity contribution in [2.24, 2.45) is 0 Å². The van der Waals surface area contributed by atoms with Crippen molar-refractivity contribution >= 4 is 5.82 Å². The molecule has 1 fully saturated rings. The van der Waals surface area contributed by atoms with Gasteiger partial charge in [-0.15, -0.1) is 0 Å². The molecule has 0 spiro atoms. The first-order chi connectivity index (χ1) is 7.47. The summed E-state index contributed by atoms with van der Waals surface area (Å²) in [5, 5.41) is 7.56. The van der Waals surface area contributed by atoms with Gasteiger partial charge < -0.3 is 9.80 Å². The number of nitrogens with one attached hydrogen (secondary N) is 1. The number of aromatic amines is 1. The Morgan fingerprint density at radius 2 is 1.81 bits per heavy atom. The van der Waals surface area contributed by atoms with E-state index in [9.17, 15) is 0 Å². The molecule has 4 heteroatoms. The van der Waals surface area contributed by atoms with Crippen LogP contribution in [0.15, 0.2) is 6.07 Å². The number of piperazine rings is 1. The maximum absolute atomic E-state index is 4.40. The van der Waals surface area contributed by atoms with Gasteiger partial charge in [-0.2, -0.15) is 5.10 Å². The van der Waals surface area contributed by atoms with Crippen LogP contribution in [0.1, 0.15) is 26.5 Å². The monoisotopic (exact) mass is 222 g/mol. The maximum atomic E-state index is 4.40. The molecule has 0 amide bonds. The topological polar surface area (TPSA) is 35.2 Å². The summed E-state index contributed by atoms with van der Waals surface area (Å²) in [6, 6.07) is 2.19. The van der Waals surface area contributed by atoms with Crippen molar-refractivity contribution in [2.45, 2.75) is 26.2 Å². The van der Waals surface area contributed by atoms with Crippen LogP contribution in [0.3, 0.4) is 0 Å². The molecule has 0 aliphatic carbocycles. The predicted molar refractivity (Wildman–Crippen MR) is 67.0 cm³/mol. The predicted octanol–water partition coefficient (Wildman–Crippen LogP) is 1.46. The summed E-state index contributed by atoms with van der Waals surface area (Å²) < 4.78 is 0. The molecule has 1 N–H and O–H groups in total. The molecule has 90 valence electrons. The lowest BCUT2D eigenvalue weighted by Crippen LogP contribution is -2.44. The smallest absolute Gasteiger partial charge is 0.124 e. The van der Waals surface area contributed by atoms with Gasteiger partial charge in [0.1, 0.15) is 5.82 Å². The summed E-state index contributed by atoms with van der Waals surface area (Å²) in [7, 11) is 2.17. The zero-order chi connectivity index (χ0) is 11.8. The zero-order valence-corrected chi connectivity index (χ0v) is 10.7. The summed E-state index contributed by atoms with van der Waals surface area (Å²) in [6.07, 6.45) is 0. The third-order valence-corrected chi connectivity index (χ3v) is 3.18. The molecule has 0 bridgehead atoms. The number of nitrogens with zero attached hydrogens (tertiary/aromatic N) is 3. The SMILES string of the molecule is CN1CCN(c2cc(C(C)(C)C)n[nH]2)CC1. The highest BCUT2D eigenvalue weighted by atomic mass is 15.3. The van der Waals surface area contributed by atoms with Gasteiger partial charge in [-0.25, -0.2) is 0 Å². The van der Waals surface area contributed by atoms with Gasteiger partial charge in [-0.1, -0.05) is 20.8 Å². The van der Waals surface area contributed by atoms with Crippen LogP contribution in [-0.2, 0) is 5.41 Å². The number of hydrogen-bond acceptors (Lipinski definition) is 3. The fourth-order valence-electron chi connectivity index (χ4n) is 1.91. The van der Waals surface area contributed by atoms with Gasteiger partial charge in [0.25, 0.3) is 0 Å². The molecule has 0 atom stereocenters. The van der Waals surface area contributed by atoms with Gasteiger partial charge in [-0.3, -0.25) is 5.10 Å². The second-order valence-electron chi connectivity index (χ2n) is 5.68. The second kappa shape index (κ2) is 4.09. The molecule has 0 aromatic carbocycles. The molecule has 1 aromatic heterocycles. The van der Waals surface area contributed by atoms with Crippen molar-refractivity contribution in [3.8, 4) is 0 Å². The first-order valence-corrected chi connectivity index (χ1v) is 5.96. The van der Waals surface area contributed by atoms with Crippen molar-refractivity contribution in [1.29, 1.82) is 0 Å². The number of aromatic nitrogens is 2. The molecule has 0 radical (unpaired) electrons. The highest BCUT2D eigenvalue weighted by molar-refractivity contribution is 5.41. The number of H-pyrrole nitrogens is 1. The highest BCUT2D eigenvalue weighted by Gasteiger charge is 2.21. The second-order valence-corrected chi connectivity index (χ2v) is 5.68. The average molecular weight is 222 g/mol. The first kappa shape index (κ1) is 11.5. The van der Waals surface area contributed by atoms with Crippen LogP contribution in [0.25, 0.3) is 0 Å². The Morgan fingerprint density at radius 3 is 2.31 bits per heavy atom. The molecular formula is C12H22N4. The Bertz CT molecular complexity index is 342. The Kier molecular flexibility index (Phi) is 2.93. The molecule has 0 saturated carbocycles. The largest absolute Gasteiger partial charge is 0.354 e. The van der Waals surface area contributed by atoms with Gasteiger partial charge in [0.15, 0.2) is 0 Å². The fourth-order valence-corrected chi connectivity index (χ4v) is 1.91.